The average Bonchev–Trinajstić information content (AvgIpc) is 3.39. The minimum absolute atomic E-state index is 0.0517. The Kier molecular flexibility index (Phi) is 4.42. The Morgan fingerprint density at radius 2 is 1.86 bits per heavy atom. The Bertz CT molecular complexity index is 922. The van der Waals surface area contributed by atoms with Gasteiger partial charge in [-0.1, -0.05) is 12.1 Å². The van der Waals surface area contributed by atoms with Crippen molar-refractivity contribution < 1.29 is 4.79 Å². The fraction of sp³-hybridized carbons (Fsp3) is 0.619. The van der Waals surface area contributed by atoms with Crippen LogP contribution in [-0.2, 0) is 0 Å². The summed E-state index contributed by atoms with van der Waals surface area (Å²) < 4.78 is 1.87. The normalized spacial score (nSPS) is 26.8. The number of fused-ring (bicyclic) bond motifs is 1. The van der Waals surface area contributed by atoms with Crippen LogP contribution >= 0.6 is 0 Å². The molecule has 0 spiro atoms. The first kappa shape index (κ1) is 17.8. The highest BCUT2D eigenvalue weighted by molar-refractivity contribution is 5.76. The number of hydrogen-bond acceptors (Lipinski definition) is 3. The van der Waals surface area contributed by atoms with E-state index in [0.29, 0.717) is 19.1 Å². The van der Waals surface area contributed by atoms with E-state index >= 15 is 0 Å². The monoisotopic (exact) mass is 383 g/mol. The second-order valence-electron chi connectivity index (χ2n) is 8.69. The Hall–Kier alpha value is -2.28. The summed E-state index contributed by atoms with van der Waals surface area (Å²) in [6.45, 7) is 4.64. The second-order valence-corrected chi connectivity index (χ2v) is 8.69. The van der Waals surface area contributed by atoms with Crippen molar-refractivity contribution in [3.63, 3.8) is 0 Å². The topological polar surface area (TPSA) is 73.4 Å². The highest BCUT2D eigenvalue weighted by atomic mass is 16.2. The first-order valence-corrected chi connectivity index (χ1v) is 10.6. The van der Waals surface area contributed by atoms with Crippen molar-refractivity contribution in [2.45, 2.75) is 63.2 Å². The zero-order valence-corrected chi connectivity index (χ0v) is 16.4. The van der Waals surface area contributed by atoms with Gasteiger partial charge in [-0.2, -0.15) is 0 Å². The van der Waals surface area contributed by atoms with Crippen LogP contribution in [0.5, 0.6) is 0 Å². The third-order valence-corrected chi connectivity index (χ3v) is 6.71. The number of hydrogen-bond donors (Lipinski definition) is 2. The van der Waals surface area contributed by atoms with Gasteiger partial charge in [-0.05, 0) is 51.2 Å². The van der Waals surface area contributed by atoms with Crippen molar-refractivity contribution in [3.8, 4) is 0 Å². The Labute approximate surface area is 164 Å². The van der Waals surface area contributed by atoms with Gasteiger partial charge in [-0.3, -0.25) is 9.47 Å². The van der Waals surface area contributed by atoms with E-state index in [1.807, 2.05) is 33.7 Å². The van der Waals surface area contributed by atoms with Gasteiger partial charge in [0, 0.05) is 43.8 Å². The van der Waals surface area contributed by atoms with Gasteiger partial charge in [0.25, 0.3) is 0 Å². The molecule has 0 radical (unpaired) electrons. The van der Waals surface area contributed by atoms with Crippen molar-refractivity contribution in [1.82, 2.24) is 24.7 Å². The number of H-pyrrole nitrogens is 1. The number of piperidine rings is 1. The lowest BCUT2D eigenvalue weighted by Gasteiger charge is -2.33. The van der Waals surface area contributed by atoms with Gasteiger partial charge in [0.05, 0.1) is 11.0 Å². The predicted molar refractivity (Wildman–Crippen MR) is 109 cm³/mol. The molecule has 0 bridgehead atoms. The second kappa shape index (κ2) is 6.95. The number of nitrogens with zero attached hydrogens (tertiary/aromatic N) is 3. The van der Waals surface area contributed by atoms with Gasteiger partial charge in [-0.25, -0.2) is 9.59 Å². The van der Waals surface area contributed by atoms with Crippen molar-refractivity contribution in [1.29, 1.82) is 0 Å². The van der Waals surface area contributed by atoms with Crippen LogP contribution in [0.15, 0.2) is 29.1 Å². The van der Waals surface area contributed by atoms with Gasteiger partial charge in [0.2, 0.25) is 0 Å². The fourth-order valence-electron chi connectivity index (χ4n) is 5.11. The fourth-order valence-corrected chi connectivity index (χ4v) is 5.11. The van der Waals surface area contributed by atoms with Crippen molar-refractivity contribution in [2.75, 3.05) is 19.6 Å². The number of nitrogens with one attached hydrogen (secondary N) is 2. The van der Waals surface area contributed by atoms with E-state index in [1.54, 1.807) is 0 Å². The molecule has 150 valence electrons. The molecule has 2 unspecified atom stereocenters. The Balaban J connectivity index is 1.19. The molecule has 7 nitrogen and oxygen atoms in total. The van der Waals surface area contributed by atoms with Gasteiger partial charge >= 0.3 is 11.7 Å². The van der Waals surface area contributed by atoms with Gasteiger partial charge in [0.1, 0.15) is 0 Å². The number of amides is 2. The summed E-state index contributed by atoms with van der Waals surface area (Å²) in [6, 6.07) is 9.59. The first-order chi connectivity index (χ1) is 13.6. The molecular weight excluding hydrogens is 354 g/mol. The largest absolute Gasteiger partial charge is 0.334 e. The molecule has 3 fully saturated rings. The minimum atomic E-state index is -0.0517. The summed E-state index contributed by atoms with van der Waals surface area (Å²) >= 11 is 0. The molecule has 5 rings (SSSR count). The number of rotatable bonds is 3. The van der Waals surface area contributed by atoms with Crippen LogP contribution in [0.2, 0.25) is 0 Å². The van der Waals surface area contributed by atoms with Crippen LogP contribution in [0.25, 0.3) is 11.0 Å². The number of imidazole rings is 1. The highest BCUT2D eigenvalue weighted by Gasteiger charge is 2.39. The molecule has 1 saturated carbocycles. The van der Waals surface area contributed by atoms with Gasteiger partial charge in [-0.15, -0.1) is 0 Å². The summed E-state index contributed by atoms with van der Waals surface area (Å²) in [4.78, 5) is 32.6. The van der Waals surface area contributed by atoms with Crippen LogP contribution in [-0.4, -0.2) is 63.1 Å². The molecule has 2 amide bonds. The standard InChI is InChI=1S/C21H29N5O2/c1-14-12-15(13-25(14)16-6-7-16)22-20(27)24-10-8-17(9-11-24)26-19-5-3-2-4-18(19)23-21(26)28/h2-5,14-17H,6-13H2,1H3,(H,22,27)(H,23,28). The molecule has 1 aliphatic carbocycles. The Morgan fingerprint density at radius 3 is 2.61 bits per heavy atom. The van der Waals surface area contributed by atoms with Crippen molar-refractivity contribution in [2.24, 2.45) is 0 Å². The van der Waals surface area contributed by atoms with E-state index in [-0.39, 0.29) is 23.8 Å². The van der Waals surface area contributed by atoms with E-state index in [2.05, 4.69) is 22.1 Å². The zero-order chi connectivity index (χ0) is 19.3. The quantitative estimate of drug-likeness (QED) is 0.854. The minimum Gasteiger partial charge on any atom is -0.334 e. The average molecular weight is 383 g/mol. The molecule has 2 aromatic rings. The molecule has 2 aliphatic heterocycles. The number of aromatic nitrogens is 2. The van der Waals surface area contributed by atoms with E-state index in [9.17, 15) is 9.59 Å². The zero-order valence-electron chi connectivity index (χ0n) is 16.4. The summed E-state index contributed by atoms with van der Waals surface area (Å²) in [5.41, 5.74) is 1.78. The highest BCUT2D eigenvalue weighted by Crippen LogP contribution is 2.33. The number of urea groups is 1. The molecule has 2 saturated heterocycles. The maximum Gasteiger partial charge on any atom is 0.326 e. The van der Waals surface area contributed by atoms with Crippen LogP contribution < -0.4 is 11.0 Å². The van der Waals surface area contributed by atoms with Crippen LogP contribution in [0.3, 0.4) is 0 Å². The Morgan fingerprint density at radius 1 is 1.11 bits per heavy atom. The lowest BCUT2D eigenvalue weighted by molar-refractivity contribution is 0.168. The molecule has 7 heteroatoms. The molecule has 3 heterocycles. The first-order valence-electron chi connectivity index (χ1n) is 10.6. The number of aromatic amines is 1. The molecule has 1 aromatic carbocycles. The molecule has 1 aromatic heterocycles. The van der Waals surface area contributed by atoms with Crippen LogP contribution in [0.1, 0.15) is 45.1 Å². The summed E-state index contributed by atoms with van der Waals surface area (Å²) in [5.74, 6) is 0. The van der Waals surface area contributed by atoms with E-state index in [4.69, 9.17) is 0 Å². The van der Waals surface area contributed by atoms with E-state index in [0.717, 1.165) is 42.9 Å². The molecule has 2 atom stereocenters. The number of benzene rings is 1. The maximum atomic E-state index is 12.7. The third kappa shape index (κ3) is 3.21. The van der Waals surface area contributed by atoms with Crippen LogP contribution in [0, 0.1) is 0 Å². The predicted octanol–water partition coefficient (Wildman–Crippen LogP) is 2.30. The molecule has 28 heavy (non-hydrogen) atoms. The number of carbonyl (C=O) groups excluding carboxylic acids is 1. The molecule has 3 aliphatic rings. The van der Waals surface area contributed by atoms with E-state index in [1.165, 1.54) is 12.8 Å². The third-order valence-electron chi connectivity index (χ3n) is 6.71. The SMILES string of the molecule is CC1CC(NC(=O)N2CCC(n3c(=O)[nH]c4ccccc43)CC2)CN1C1CC1. The number of carbonyl (C=O) groups is 1. The van der Waals surface area contributed by atoms with Gasteiger partial charge in [0.15, 0.2) is 0 Å². The lowest BCUT2D eigenvalue weighted by Crippen LogP contribution is -2.49. The number of para-hydroxylation sites is 2. The summed E-state index contributed by atoms with van der Waals surface area (Å²) in [7, 11) is 0. The van der Waals surface area contributed by atoms with Gasteiger partial charge < -0.3 is 15.2 Å². The van der Waals surface area contributed by atoms with Crippen molar-refractivity contribution >= 4 is 17.1 Å². The van der Waals surface area contributed by atoms with E-state index < -0.39 is 0 Å². The summed E-state index contributed by atoms with van der Waals surface area (Å²) in [6.07, 6.45) is 5.29. The lowest BCUT2D eigenvalue weighted by atomic mass is 10.0. The maximum absolute atomic E-state index is 12.7. The molecule has 2 N–H and O–H groups in total. The number of likely N-dealkylation sites (tertiary alicyclic amines) is 2. The molecular formula is C21H29N5O2. The van der Waals surface area contributed by atoms with Crippen molar-refractivity contribution in [3.05, 3.63) is 34.7 Å². The smallest absolute Gasteiger partial charge is 0.326 e. The van der Waals surface area contributed by atoms with Crippen LogP contribution in [0.4, 0.5) is 4.79 Å². The summed E-state index contributed by atoms with van der Waals surface area (Å²) in [5, 5.41) is 3.25.